The zero-order valence-electron chi connectivity index (χ0n) is 17.9. The Morgan fingerprint density at radius 2 is 1.73 bits per heavy atom. The molecule has 184 valence electrons. The lowest BCUT2D eigenvalue weighted by atomic mass is 10.1. The minimum absolute atomic E-state index is 0.0685. The van der Waals surface area contributed by atoms with Crippen LogP contribution < -0.4 is 27.4 Å². The molecule has 0 aliphatic rings. The molecule has 4 amide bonds. The quantitative estimate of drug-likeness (QED) is 0.117. The van der Waals surface area contributed by atoms with E-state index in [1.165, 1.54) is 24.3 Å². The molecule has 15 heteroatoms. The largest absolute Gasteiger partial charge is 0.480 e. The van der Waals surface area contributed by atoms with Gasteiger partial charge in [0.05, 0.1) is 18.8 Å². The number of nitrogens with zero attached hydrogens (tertiary/aromatic N) is 1. The van der Waals surface area contributed by atoms with Gasteiger partial charge in [-0.05, 0) is 18.4 Å². The van der Waals surface area contributed by atoms with Gasteiger partial charge in [-0.3, -0.25) is 19.2 Å². The number of carboxylic acid groups (broad SMARTS) is 1. The SMILES string of the molecule is CSCCC(N)C(=O)NC(CS)C(=O)NC(Cc1cnc[nH]1)C(=O)NC(CC(N)=O)C(=O)O. The van der Waals surface area contributed by atoms with Crippen molar-refractivity contribution in [3.8, 4) is 0 Å². The number of nitrogens with two attached hydrogens (primary N) is 2. The van der Waals surface area contributed by atoms with Crippen molar-refractivity contribution in [1.29, 1.82) is 0 Å². The smallest absolute Gasteiger partial charge is 0.326 e. The van der Waals surface area contributed by atoms with Gasteiger partial charge in [0.25, 0.3) is 0 Å². The summed E-state index contributed by atoms with van der Waals surface area (Å²) in [6, 6.07) is -4.75. The van der Waals surface area contributed by atoms with Gasteiger partial charge in [-0.25, -0.2) is 9.78 Å². The Balaban J connectivity index is 2.93. The number of hydrogen-bond donors (Lipinski definition) is 8. The first-order valence-electron chi connectivity index (χ1n) is 9.83. The molecular formula is C18H29N7O6S2. The van der Waals surface area contributed by atoms with Crippen molar-refractivity contribution in [2.24, 2.45) is 11.5 Å². The van der Waals surface area contributed by atoms with Crippen LogP contribution in [0.15, 0.2) is 12.5 Å². The summed E-state index contributed by atoms with van der Waals surface area (Å²) >= 11 is 5.61. The van der Waals surface area contributed by atoms with Crippen molar-refractivity contribution in [2.75, 3.05) is 17.8 Å². The van der Waals surface area contributed by atoms with Crippen LogP contribution >= 0.6 is 24.4 Å². The first-order valence-corrected chi connectivity index (χ1v) is 11.9. The second-order valence-electron chi connectivity index (χ2n) is 7.04. The first kappa shape index (κ1) is 28.3. The lowest BCUT2D eigenvalue weighted by molar-refractivity contribution is -0.143. The molecule has 1 heterocycles. The molecule has 0 saturated heterocycles. The van der Waals surface area contributed by atoms with E-state index in [2.05, 4.69) is 38.5 Å². The number of hydrogen-bond acceptors (Lipinski definition) is 9. The molecule has 1 rings (SSSR count). The number of aliphatic carboxylic acids is 1. The summed E-state index contributed by atoms with van der Waals surface area (Å²) in [5, 5.41) is 16.4. The van der Waals surface area contributed by atoms with Gasteiger partial charge in [0, 0.05) is 24.1 Å². The number of H-pyrrole nitrogens is 1. The van der Waals surface area contributed by atoms with E-state index in [-0.39, 0.29) is 12.2 Å². The number of aromatic nitrogens is 2. The van der Waals surface area contributed by atoms with E-state index in [1.54, 1.807) is 0 Å². The van der Waals surface area contributed by atoms with E-state index < -0.39 is 60.2 Å². The van der Waals surface area contributed by atoms with Gasteiger partial charge >= 0.3 is 5.97 Å². The molecule has 4 atom stereocenters. The normalized spacial score (nSPS) is 14.4. The second kappa shape index (κ2) is 14.4. The predicted octanol–water partition coefficient (Wildman–Crippen LogP) is -2.62. The summed E-state index contributed by atoms with van der Waals surface area (Å²) in [6.45, 7) is 0. The number of thioether (sulfide) groups is 1. The molecule has 1 aromatic heterocycles. The third-order valence-corrected chi connectivity index (χ3v) is 5.43. The Kier molecular flexibility index (Phi) is 12.3. The fourth-order valence-electron chi connectivity index (χ4n) is 2.62. The summed E-state index contributed by atoms with van der Waals surface area (Å²) in [4.78, 5) is 66.9. The Labute approximate surface area is 200 Å². The molecule has 4 unspecified atom stereocenters. The molecule has 33 heavy (non-hydrogen) atoms. The van der Waals surface area contributed by atoms with E-state index >= 15 is 0 Å². The Morgan fingerprint density at radius 1 is 1.12 bits per heavy atom. The number of rotatable bonds is 15. The average molecular weight is 504 g/mol. The highest BCUT2D eigenvalue weighted by Crippen LogP contribution is 2.04. The number of imidazole rings is 1. The molecule has 0 aromatic carbocycles. The number of nitrogens with one attached hydrogen (secondary N) is 4. The standard InChI is InChI=1S/C18H29N7O6S2/c1-33-3-2-10(19)15(27)25-13(7-32)17(29)23-11(4-9-6-21-8-22-9)16(28)24-12(18(30)31)5-14(20)26/h6,8,10-13,32H,2-5,7,19H2,1H3,(H2,20,26)(H,21,22)(H,23,29)(H,24,28)(H,25,27)(H,30,31). The van der Waals surface area contributed by atoms with E-state index in [4.69, 9.17) is 11.5 Å². The molecule has 0 spiro atoms. The average Bonchev–Trinajstić information content (AvgIpc) is 3.27. The van der Waals surface area contributed by atoms with Crippen LogP contribution in [-0.4, -0.2) is 86.6 Å². The minimum atomic E-state index is -1.58. The molecule has 0 fully saturated rings. The van der Waals surface area contributed by atoms with Crippen molar-refractivity contribution < 1.29 is 29.1 Å². The highest BCUT2D eigenvalue weighted by Gasteiger charge is 2.30. The van der Waals surface area contributed by atoms with Crippen molar-refractivity contribution in [3.63, 3.8) is 0 Å². The Morgan fingerprint density at radius 3 is 2.24 bits per heavy atom. The number of carboxylic acids is 1. The van der Waals surface area contributed by atoms with Crippen LogP contribution in [0.2, 0.25) is 0 Å². The molecule has 0 bridgehead atoms. The number of aromatic amines is 1. The van der Waals surface area contributed by atoms with E-state index in [9.17, 15) is 29.1 Å². The lowest BCUT2D eigenvalue weighted by Crippen LogP contribution is -2.58. The summed E-state index contributed by atoms with van der Waals surface area (Å²) in [5.41, 5.74) is 11.3. The summed E-state index contributed by atoms with van der Waals surface area (Å²) < 4.78 is 0. The second-order valence-corrected chi connectivity index (χ2v) is 8.39. The molecule has 0 aliphatic carbocycles. The maximum Gasteiger partial charge on any atom is 0.326 e. The molecular weight excluding hydrogens is 474 g/mol. The number of carbonyl (C=O) groups is 5. The van der Waals surface area contributed by atoms with Crippen LogP contribution in [-0.2, 0) is 30.4 Å². The van der Waals surface area contributed by atoms with Crippen LogP contribution in [0.4, 0.5) is 0 Å². The zero-order valence-corrected chi connectivity index (χ0v) is 19.7. The van der Waals surface area contributed by atoms with Gasteiger partial charge in [-0.1, -0.05) is 0 Å². The van der Waals surface area contributed by atoms with Gasteiger partial charge in [0.15, 0.2) is 0 Å². The monoisotopic (exact) mass is 503 g/mol. The number of carbonyl (C=O) groups excluding carboxylic acids is 4. The molecule has 13 nitrogen and oxygen atoms in total. The number of thiol groups is 1. The Bertz CT molecular complexity index is 823. The fourth-order valence-corrected chi connectivity index (χ4v) is 3.37. The van der Waals surface area contributed by atoms with E-state index in [1.807, 2.05) is 6.26 Å². The van der Waals surface area contributed by atoms with Crippen LogP contribution in [0.25, 0.3) is 0 Å². The van der Waals surface area contributed by atoms with Gasteiger partial charge < -0.3 is 37.5 Å². The van der Waals surface area contributed by atoms with Gasteiger partial charge in [0.1, 0.15) is 18.1 Å². The first-order chi connectivity index (χ1) is 15.6. The van der Waals surface area contributed by atoms with Crippen molar-refractivity contribution in [1.82, 2.24) is 25.9 Å². The summed E-state index contributed by atoms with van der Waals surface area (Å²) in [7, 11) is 0. The maximum atomic E-state index is 12.8. The minimum Gasteiger partial charge on any atom is -0.480 e. The number of primary amides is 1. The molecule has 1 aromatic rings. The van der Waals surface area contributed by atoms with Gasteiger partial charge in [0.2, 0.25) is 23.6 Å². The van der Waals surface area contributed by atoms with Crippen LogP contribution in [0.5, 0.6) is 0 Å². The van der Waals surface area contributed by atoms with Crippen molar-refractivity contribution in [2.45, 2.75) is 43.4 Å². The van der Waals surface area contributed by atoms with Gasteiger partial charge in [-0.15, -0.1) is 0 Å². The highest BCUT2D eigenvalue weighted by atomic mass is 32.2. The molecule has 9 N–H and O–H groups in total. The van der Waals surface area contributed by atoms with Crippen LogP contribution in [0, 0.1) is 0 Å². The highest BCUT2D eigenvalue weighted by molar-refractivity contribution is 7.98. The zero-order chi connectivity index (χ0) is 25.0. The Hall–Kier alpha value is -2.78. The van der Waals surface area contributed by atoms with Crippen molar-refractivity contribution in [3.05, 3.63) is 18.2 Å². The summed E-state index contributed by atoms with van der Waals surface area (Å²) in [5.74, 6) is -3.94. The maximum absolute atomic E-state index is 12.8. The van der Waals surface area contributed by atoms with E-state index in [0.717, 1.165) is 0 Å². The number of amides is 4. The van der Waals surface area contributed by atoms with E-state index in [0.29, 0.717) is 17.9 Å². The van der Waals surface area contributed by atoms with Gasteiger partial charge in [-0.2, -0.15) is 24.4 Å². The predicted molar refractivity (Wildman–Crippen MR) is 124 cm³/mol. The fraction of sp³-hybridized carbons (Fsp3) is 0.556. The van der Waals surface area contributed by atoms with Crippen molar-refractivity contribution >= 4 is 54.0 Å². The third kappa shape index (κ3) is 10.1. The summed E-state index contributed by atoms with van der Waals surface area (Å²) in [6.07, 6.45) is 4.38. The lowest BCUT2D eigenvalue weighted by Gasteiger charge is -2.24. The third-order valence-electron chi connectivity index (χ3n) is 4.42. The molecule has 0 saturated carbocycles. The topological polar surface area (TPSA) is 222 Å². The molecule has 0 aliphatic heterocycles. The van der Waals surface area contributed by atoms with Crippen LogP contribution in [0.3, 0.4) is 0 Å². The molecule has 0 radical (unpaired) electrons. The van der Waals surface area contributed by atoms with Crippen LogP contribution in [0.1, 0.15) is 18.5 Å².